The van der Waals surface area contributed by atoms with E-state index in [0.29, 0.717) is 29.4 Å². The number of aromatic nitrogens is 5. The molecule has 2 N–H and O–H groups in total. The molecule has 0 fully saturated rings. The molecule has 6 nitrogen and oxygen atoms in total. The number of fused-ring (bicyclic) bond motifs is 1. The van der Waals surface area contributed by atoms with Gasteiger partial charge >= 0.3 is 0 Å². The average molecular weight is 258 g/mol. The summed E-state index contributed by atoms with van der Waals surface area (Å²) < 4.78 is 14.6. The van der Waals surface area contributed by atoms with E-state index >= 15 is 0 Å². The molecule has 3 aromatic rings. The normalized spacial score (nSPS) is 11.1. The van der Waals surface area contributed by atoms with Crippen LogP contribution in [0.2, 0.25) is 0 Å². The lowest BCUT2D eigenvalue weighted by Crippen LogP contribution is -2.03. The van der Waals surface area contributed by atoms with Gasteiger partial charge in [-0.2, -0.15) is 4.39 Å². The number of nitrogens with zero attached hydrogens (tertiary/aromatic N) is 5. The molecule has 0 saturated carbocycles. The highest BCUT2D eigenvalue weighted by molar-refractivity contribution is 5.81. The van der Waals surface area contributed by atoms with Crippen molar-refractivity contribution in [2.75, 3.05) is 5.73 Å². The van der Waals surface area contributed by atoms with Crippen molar-refractivity contribution in [1.82, 2.24) is 24.5 Å². The van der Waals surface area contributed by atoms with Gasteiger partial charge in [0, 0.05) is 6.20 Å². The van der Waals surface area contributed by atoms with E-state index in [-0.39, 0.29) is 0 Å². The molecule has 19 heavy (non-hydrogen) atoms. The Labute approximate surface area is 108 Å². The van der Waals surface area contributed by atoms with Gasteiger partial charge in [0.15, 0.2) is 11.5 Å². The molecule has 96 valence electrons. The predicted octanol–water partition coefficient (Wildman–Crippen LogP) is 1.30. The number of halogens is 1. The Bertz CT molecular complexity index is 734. The van der Waals surface area contributed by atoms with Gasteiger partial charge in [0.25, 0.3) is 0 Å². The van der Waals surface area contributed by atoms with Crippen LogP contribution in [-0.2, 0) is 6.54 Å². The van der Waals surface area contributed by atoms with Crippen molar-refractivity contribution in [3.05, 3.63) is 42.0 Å². The van der Waals surface area contributed by atoms with Crippen LogP contribution in [-0.4, -0.2) is 24.5 Å². The van der Waals surface area contributed by atoms with Crippen molar-refractivity contribution < 1.29 is 4.39 Å². The molecular formula is C12H11FN6. The molecule has 7 heteroatoms. The van der Waals surface area contributed by atoms with Crippen LogP contribution in [0.25, 0.3) is 11.2 Å². The minimum absolute atomic E-state index is 0.360. The Kier molecular flexibility index (Phi) is 2.59. The standard InChI is InChI=1S/C12H11FN6/c1-7-17-11(14)10-12(18-7)19(6-16-10)5-8-2-3-9(13)15-4-8/h2-4,6H,5H2,1H3,(H2,14,17,18). The summed E-state index contributed by atoms with van der Waals surface area (Å²) in [7, 11) is 0. The quantitative estimate of drug-likeness (QED) is 0.700. The molecule has 0 atom stereocenters. The lowest BCUT2D eigenvalue weighted by molar-refractivity contribution is 0.581. The van der Waals surface area contributed by atoms with Gasteiger partial charge in [-0.1, -0.05) is 6.07 Å². The maximum absolute atomic E-state index is 12.8. The largest absolute Gasteiger partial charge is 0.382 e. The summed E-state index contributed by atoms with van der Waals surface area (Å²) >= 11 is 0. The minimum atomic E-state index is -0.498. The predicted molar refractivity (Wildman–Crippen MR) is 67.8 cm³/mol. The molecule has 3 aromatic heterocycles. The van der Waals surface area contributed by atoms with Gasteiger partial charge < -0.3 is 10.3 Å². The van der Waals surface area contributed by atoms with Gasteiger partial charge in [-0.25, -0.2) is 19.9 Å². The van der Waals surface area contributed by atoms with Gasteiger partial charge in [0.2, 0.25) is 5.95 Å². The van der Waals surface area contributed by atoms with Gasteiger partial charge in [-0.15, -0.1) is 0 Å². The van der Waals surface area contributed by atoms with Crippen molar-refractivity contribution >= 4 is 17.0 Å². The van der Waals surface area contributed by atoms with Crippen LogP contribution in [0.3, 0.4) is 0 Å². The number of pyridine rings is 1. The zero-order valence-corrected chi connectivity index (χ0v) is 10.2. The molecule has 0 amide bonds. The second kappa shape index (κ2) is 4.27. The zero-order valence-electron chi connectivity index (χ0n) is 10.2. The fourth-order valence-electron chi connectivity index (χ4n) is 1.89. The van der Waals surface area contributed by atoms with Crippen LogP contribution in [0.4, 0.5) is 10.2 Å². The van der Waals surface area contributed by atoms with Crippen LogP contribution >= 0.6 is 0 Å². The number of nitrogen functional groups attached to an aromatic ring is 1. The summed E-state index contributed by atoms with van der Waals surface area (Å²) in [5.74, 6) is 0.448. The van der Waals surface area contributed by atoms with Gasteiger partial charge in [0.05, 0.1) is 12.9 Å². The lowest BCUT2D eigenvalue weighted by atomic mass is 10.3. The van der Waals surface area contributed by atoms with E-state index in [1.165, 1.54) is 12.3 Å². The topological polar surface area (TPSA) is 82.5 Å². The number of hydrogen-bond acceptors (Lipinski definition) is 5. The van der Waals surface area contributed by atoms with E-state index in [2.05, 4.69) is 19.9 Å². The number of hydrogen-bond donors (Lipinski definition) is 1. The first kappa shape index (κ1) is 11.5. The van der Waals surface area contributed by atoms with Gasteiger partial charge in [0.1, 0.15) is 11.3 Å². The van der Waals surface area contributed by atoms with E-state index in [9.17, 15) is 4.39 Å². The fraction of sp³-hybridized carbons (Fsp3) is 0.167. The summed E-state index contributed by atoms with van der Waals surface area (Å²) in [6, 6.07) is 2.99. The van der Waals surface area contributed by atoms with Gasteiger partial charge in [-0.3, -0.25) is 0 Å². The monoisotopic (exact) mass is 258 g/mol. The highest BCUT2D eigenvalue weighted by Crippen LogP contribution is 2.17. The van der Waals surface area contributed by atoms with Crippen molar-refractivity contribution in [3.63, 3.8) is 0 Å². The number of nitrogens with two attached hydrogens (primary N) is 1. The average Bonchev–Trinajstić information content (AvgIpc) is 2.76. The number of anilines is 1. The number of aryl methyl sites for hydroxylation is 1. The van der Waals surface area contributed by atoms with Crippen molar-refractivity contribution in [2.24, 2.45) is 0 Å². The Morgan fingerprint density at radius 1 is 1.26 bits per heavy atom. The van der Waals surface area contributed by atoms with Crippen molar-refractivity contribution in [1.29, 1.82) is 0 Å². The summed E-state index contributed by atoms with van der Waals surface area (Å²) in [6.07, 6.45) is 3.12. The third-order valence-electron chi connectivity index (χ3n) is 2.74. The second-order valence-corrected chi connectivity index (χ2v) is 4.19. The fourth-order valence-corrected chi connectivity index (χ4v) is 1.89. The zero-order chi connectivity index (χ0) is 13.4. The SMILES string of the molecule is Cc1nc(N)c2ncn(Cc3ccc(F)nc3)c2n1. The van der Waals surface area contributed by atoms with Crippen LogP contribution in [0.1, 0.15) is 11.4 Å². The Balaban J connectivity index is 2.03. The molecule has 0 unspecified atom stereocenters. The Morgan fingerprint density at radius 3 is 2.84 bits per heavy atom. The maximum Gasteiger partial charge on any atom is 0.212 e. The third-order valence-corrected chi connectivity index (χ3v) is 2.74. The van der Waals surface area contributed by atoms with Crippen molar-refractivity contribution in [2.45, 2.75) is 13.5 Å². The maximum atomic E-state index is 12.8. The van der Waals surface area contributed by atoms with Crippen LogP contribution < -0.4 is 5.73 Å². The van der Waals surface area contributed by atoms with E-state index in [1.807, 2.05) is 4.57 Å². The molecule has 3 heterocycles. The molecule has 0 saturated heterocycles. The second-order valence-electron chi connectivity index (χ2n) is 4.19. The highest BCUT2D eigenvalue weighted by Gasteiger charge is 2.10. The van der Waals surface area contributed by atoms with Crippen molar-refractivity contribution in [3.8, 4) is 0 Å². The molecule has 0 aliphatic heterocycles. The number of rotatable bonds is 2. The molecule has 0 bridgehead atoms. The summed E-state index contributed by atoms with van der Waals surface area (Å²) in [5, 5.41) is 0. The van der Waals surface area contributed by atoms with E-state index < -0.39 is 5.95 Å². The molecule has 0 aliphatic rings. The summed E-state index contributed by atoms with van der Waals surface area (Å²) in [5.41, 5.74) is 7.88. The molecule has 0 aromatic carbocycles. The first-order valence-corrected chi connectivity index (χ1v) is 5.69. The third kappa shape index (κ3) is 2.10. The molecule has 0 radical (unpaired) electrons. The van der Waals surface area contributed by atoms with Crippen LogP contribution in [0.5, 0.6) is 0 Å². The van der Waals surface area contributed by atoms with Gasteiger partial charge in [-0.05, 0) is 18.6 Å². The first-order valence-electron chi connectivity index (χ1n) is 5.69. The summed E-state index contributed by atoms with van der Waals surface area (Å²) in [6.45, 7) is 2.27. The van der Waals surface area contributed by atoms with E-state index in [0.717, 1.165) is 5.56 Å². The smallest absolute Gasteiger partial charge is 0.212 e. The van der Waals surface area contributed by atoms with E-state index in [1.54, 1.807) is 19.3 Å². The molecule has 0 aliphatic carbocycles. The lowest BCUT2D eigenvalue weighted by Gasteiger charge is -2.04. The molecule has 0 spiro atoms. The Morgan fingerprint density at radius 2 is 2.11 bits per heavy atom. The summed E-state index contributed by atoms with van der Waals surface area (Å²) in [4.78, 5) is 16.2. The minimum Gasteiger partial charge on any atom is -0.382 e. The highest BCUT2D eigenvalue weighted by atomic mass is 19.1. The van der Waals surface area contributed by atoms with Crippen LogP contribution in [0.15, 0.2) is 24.7 Å². The first-order chi connectivity index (χ1) is 9.13. The van der Waals surface area contributed by atoms with Crippen LogP contribution in [0, 0.1) is 12.9 Å². The van der Waals surface area contributed by atoms with E-state index in [4.69, 9.17) is 5.73 Å². The Hall–Kier alpha value is -2.57. The molecular weight excluding hydrogens is 247 g/mol. The number of imidazole rings is 1. The molecule has 3 rings (SSSR count).